The molecule has 0 fully saturated rings. The quantitative estimate of drug-likeness (QED) is 0.760. The minimum atomic E-state index is 0.724. The lowest BCUT2D eigenvalue weighted by molar-refractivity contribution is 0.600. The minimum absolute atomic E-state index is 0.724. The Bertz CT molecular complexity index is 634. The van der Waals surface area contributed by atoms with Crippen LogP contribution in [-0.2, 0) is 13.1 Å². The third-order valence-corrected chi connectivity index (χ3v) is 2.83. The highest BCUT2D eigenvalue weighted by Gasteiger charge is 2.04. The molecule has 90 valence electrons. The number of nitrogens with one attached hydrogen (secondary N) is 1. The minimum Gasteiger partial charge on any atom is -0.464 e. The number of para-hydroxylation sites is 1. The standard InChI is InChI=1S/C14H13N3O/c1-2-4-14-13(3-1)11(9-18-14)7-16-8-12-5-6-15-10-17-12/h1-6,9-10,16H,7-8H2. The van der Waals surface area contributed by atoms with Crippen molar-refractivity contribution in [2.75, 3.05) is 0 Å². The van der Waals surface area contributed by atoms with Gasteiger partial charge in [0.25, 0.3) is 0 Å². The Balaban J connectivity index is 1.67. The third-order valence-electron chi connectivity index (χ3n) is 2.83. The molecule has 0 aliphatic rings. The van der Waals surface area contributed by atoms with Crippen LogP contribution in [0.2, 0.25) is 0 Å². The highest BCUT2D eigenvalue weighted by Crippen LogP contribution is 2.20. The molecule has 18 heavy (non-hydrogen) atoms. The Kier molecular flexibility index (Phi) is 3.02. The van der Waals surface area contributed by atoms with Crippen molar-refractivity contribution in [3.05, 3.63) is 60.4 Å². The van der Waals surface area contributed by atoms with Gasteiger partial charge in [0.05, 0.1) is 12.0 Å². The Morgan fingerprint density at radius 1 is 1.11 bits per heavy atom. The average molecular weight is 239 g/mol. The van der Waals surface area contributed by atoms with Gasteiger partial charge in [-0.3, -0.25) is 0 Å². The zero-order valence-corrected chi connectivity index (χ0v) is 9.84. The fourth-order valence-electron chi connectivity index (χ4n) is 1.92. The van der Waals surface area contributed by atoms with E-state index in [9.17, 15) is 0 Å². The van der Waals surface area contributed by atoms with Crippen molar-refractivity contribution in [3.8, 4) is 0 Å². The molecule has 0 atom stereocenters. The number of benzene rings is 1. The molecule has 0 unspecified atom stereocenters. The molecule has 0 spiro atoms. The zero-order valence-electron chi connectivity index (χ0n) is 9.84. The smallest absolute Gasteiger partial charge is 0.134 e. The highest BCUT2D eigenvalue weighted by molar-refractivity contribution is 5.80. The van der Waals surface area contributed by atoms with Gasteiger partial charge in [0, 0.05) is 30.2 Å². The molecule has 0 radical (unpaired) electrons. The van der Waals surface area contributed by atoms with Crippen LogP contribution in [0.5, 0.6) is 0 Å². The van der Waals surface area contributed by atoms with Crippen LogP contribution in [-0.4, -0.2) is 9.97 Å². The van der Waals surface area contributed by atoms with Gasteiger partial charge in [0.2, 0.25) is 0 Å². The van der Waals surface area contributed by atoms with Gasteiger partial charge in [-0.25, -0.2) is 9.97 Å². The van der Waals surface area contributed by atoms with E-state index in [1.807, 2.05) is 24.3 Å². The molecule has 0 aliphatic heterocycles. The largest absolute Gasteiger partial charge is 0.464 e. The fourth-order valence-corrected chi connectivity index (χ4v) is 1.92. The summed E-state index contributed by atoms with van der Waals surface area (Å²) in [6, 6.07) is 9.94. The highest BCUT2D eigenvalue weighted by atomic mass is 16.3. The van der Waals surface area contributed by atoms with Gasteiger partial charge in [-0.15, -0.1) is 0 Å². The number of aromatic nitrogens is 2. The van der Waals surface area contributed by atoms with Gasteiger partial charge in [-0.1, -0.05) is 18.2 Å². The van der Waals surface area contributed by atoms with Gasteiger partial charge < -0.3 is 9.73 Å². The lowest BCUT2D eigenvalue weighted by atomic mass is 10.2. The summed E-state index contributed by atoms with van der Waals surface area (Å²) in [7, 11) is 0. The van der Waals surface area contributed by atoms with Crippen LogP contribution in [0.3, 0.4) is 0 Å². The van der Waals surface area contributed by atoms with Crippen molar-refractivity contribution < 1.29 is 4.42 Å². The molecule has 0 bridgehead atoms. The maximum absolute atomic E-state index is 5.49. The van der Waals surface area contributed by atoms with E-state index >= 15 is 0 Å². The van der Waals surface area contributed by atoms with Crippen LogP contribution in [0.1, 0.15) is 11.3 Å². The molecule has 0 saturated heterocycles. The van der Waals surface area contributed by atoms with E-state index in [0.717, 1.165) is 29.8 Å². The van der Waals surface area contributed by atoms with Crippen LogP contribution in [0.4, 0.5) is 0 Å². The Morgan fingerprint density at radius 3 is 2.94 bits per heavy atom. The Hall–Kier alpha value is -2.20. The van der Waals surface area contributed by atoms with E-state index in [2.05, 4.69) is 21.4 Å². The van der Waals surface area contributed by atoms with Gasteiger partial charge in [0.15, 0.2) is 0 Å². The number of hydrogen-bond acceptors (Lipinski definition) is 4. The number of rotatable bonds is 4. The molecule has 0 saturated carbocycles. The van der Waals surface area contributed by atoms with Crippen molar-refractivity contribution in [2.24, 2.45) is 0 Å². The first-order chi connectivity index (χ1) is 8.93. The van der Waals surface area contributed by atoms with Gasteiger partial charge in [-0.2, -0.15) is 0 Å². The summed E-state index contributed by atoms with van der Waals surface area (Å²) in [4.78, 5) is 8.05. The second-order valence-electron chi connectivity index (χ2n) is 4.06. The number of fused-ring (bicyclic) bond motifs is 1. The fraction of sp³-hybridized carbons (Fsp3) is 0.143. The maximum atomic E-state index is 5.49. The summed E-state index contributed by atoms with van der Waals surface area (Å²) >= 11 is 0. The molecule has 3 aromatic rings. The molecular weight excluding hydrogens is 226 g/mol. The molecular formula is C14H13N3O. The molecule has 1 aromatic carbocycles. The van der Waals surface area contributed by atoms with E-state index in [-0.39, 0.29) is 0 Å². The normalized spacial score (nSPS) is 10.9. The predicted molar refractivity (Wildman–Crippen MR) is 68.8 cm³/mol. The summed E-state index contributed by atoms with van der Waals surface area (Å²) in [6.07, 6.45) is 5.11. The van der Waals surface area contributed by atoms with Gasteiger partial charge >= 0.3 is 0 Å². The average Bonchev–Trinajstić information content (AvgIpc) is 2.84. The molecule has 0 aliphatic carbocycles. The van der Waals surface area contributed by atoms with E-state index in [1.54, 1.807) is 18.8 Å². The molecule has 4 heteroatoms. The molecule has 0 amide bonds. The lowest BCUT2D eigenvalue weighted by Crippen LogP contribution is -2.13. The van der Waals surface area contributed by atoms with Gasteiger partial charge in [-0.05, 0) is 12.1 Å². The summed E-state index contributed by atoms with van der Waals surface area (Å²) in [5.41, 5.74) is 3.08. The molecule has 3 rings (SSSR count). The van der Waals surface area contributed by atoms with Crippen molar-refractivity contribution in [2.45, 2.75) is 13.1 Å². The Labute approximate surface area is 105 Å². The van der Waals surface area contributed by atoms with Crippen LogP contribution < -0.4 is 5.32 Å². The van der Waals surface area contributed by atoms with Crippen molar-refractivity contribution in [1.29, 1.82) is 0 Å². The molecule has 2 aromatic heterocycles. The van der Waals surface area contributed by atoms with Crippen molar-refractivity contribution in [3.63, 3.8) is 0 Å². The maximum Gasteiger partial charge on any atom is 0.134 e. The first-order valence-electron chi connectivity index (χ1n) is 5.84. The van der Waals surface area contributed by atoms with Crippen LogP contribution >= 0.6 is 0 Å². The Morgan fingerprint density at radius 2 is 2.06 bits per heavy atom. The monoisotopic (exact) mass is 239 g/mol. The summed E-state index contributed by atoms with van der Waals surface area (Å²) in [5.74, 6) is 0. The lowest BCUT2D eigenvalue weighted by Gasteiger charge is -2.02. The molecule has 4 nitrogen and oxygen atoms in total. The topological polar surface area (TPSA) is 51.0 Å². The van der Waals surface area contributed by atoms with E-state index in [0.29, 0.717) is 0 Å². The van der Waals surface area contributed by atoms with Crippen LogP contribution in [0.25, 0.3) is 11.0 Å². The van der Waals surface area contributed by atoms with Gasteiger partial charge in [0.1, 0.15) is 11.9 Å². The summed E-state index contributed by atoms with van der Waals surface area (Å²) in [5, 5.41) is 4.51. The molecule has 2 heterocycles. The van der Waals surface area contributed by atoms with Crippen LogP contribution in [0.15, 0.2) is 53.5 Å². The number of furan rings is 1. The first kappa shape index (κ1) is 10.9. The van der Waals surface area contributed by atoms with Crippen molar-refractivity contribution >= 4 is 11.0 Å². The van der Waals surface area contributed by atoms with E-state index in [1.165, 1.54) is 5.56 Å². The zero-order chi connectivity index (χ0) is 12.2. The van der Waals surface area contributed by atoms with E-state index < -0.39 is 0 Å². The summed E-state index contributed by atoms with van der Waals surface area (Å²) in [6.45, 7) is 1.49. The number of nitrogens with zero attached hydrogens (tertiary/aromatic N) is 2. The second-order valence-corrected chi connectivity index (χ2v) is 4.06. The summed E-state index contributed by atoms with van der Waals surface area (Å²) < 4.78 is 5.49. The van der Waals surface area contributed by atoms with E-state index in [4.69, 9.17) is 4.42 Å². The third kappa shape index (κ3) is 2.24. The SMILES string of the molecule is c1ccc2c(CNCc3ccncn3)coc2c1. The van der Waals surface area contributed by atoms with Crippen molar-refractivity contribution in [1.82, 2.24) is 15.3 Å². The predicted octanol–water partition coefficient (Wildman–Crippen LogP) is 2.51. The van der Waals surface area contributed by atoms with Crippen LogP contribution in [0, 0.1) is 0 Å². The second kappa shape index (κ2) is 4.98. The number of hydrogen-bond donors (Lipinski definition) is 1. The molecule has 1 N–H and O–H groups in total. The first-order valence-corrected chi connectivity index (χ1v) is 5.84.